The molecule has 0 spiro atoms. The number of carboxylic acid groups (broad SMARTS) is 1. The Morgan fingerprint density at radius 1 is 1.22 bits per heavy atom. The molecule has 1 fully saturated rings. The summed E-state index contributed by atoms with van der Waals surface area (Å²) in [5.74, 6) is -2.79. The van der Waals surface area contributed by atoms with Gasteiger partial charge in [-0.2, -0.15) is 0 Å². The van der Waals surface area contributed by atoms with Gasteiger partial charge in [0.15, 0.2) is 0 Å². The monoisotopic (exact) mass is 473 g/mol. The van der Waals surface area contributed by atoms with Gasteiger partial charge < -0.3 is 36.0 Å². The molecule has 2 rings (SSSR count). The van der Waals surface area contributed by atoms with E-state index in [-0.39, 0.29) is 49.7 Å². The van der Waals surface area contributed by atoms with Gasteiger partial charge in [-0.15, -0.1) is 11.8 Å². The van der Waals surface area contributed by atoms with Gasteiger partial charge in [0.2, 0.25) is 17.7 Å². The van der Waals surface area contributed by atoms with Crippen molar-refractivity contribution in [2.45, 2.75) is 51.9 Å². The Bertz CT molecular complexity index is 798. The van der Waals surface area contributed by atoms with Crippen LogP contribution in [0.3, 0.4) is 0 Å². The summed E-state index contributed by atoms with van der Waals surface area (Å²) in [5, 5.41) is 43.4. The van der Waals surface area contributed by atoms with Gasteiger partial charge >= 0.3 is 5.97 Å². The number of thioether (sulfide) groups is 1. The van der Waals surface area contributed by atoms with E-state index < -0.39 is 35.4 Å². The number of carboxylic acids is 1. The second kappa shape index (κ2) is 10.6. The number of aliphatic carboxylic acids is 1. The molecule has 0 unspecified atom stereocenters. The Morgan fingerprint density at radius 3 is 2.44 bits per heavy atom. The number of fused-ring (bicyclic) bond motifs is 1. The van der Waals surface area contributed by atoms with E-state index in [0.717, 1.165) is 0 Å². The molecule has 2 heterocycles. The number of nitrogens with one attached hydrogen (secondary N) is 2. The molecule has 11 nitrogen and oxygen atoms in total. The lowest BCUT2D eigenvalue weighted by Crippen LogP contribution is -2.61. The minimum absolute atomic E-state index is 0.00776. The Labute approximate surface area is 190 Å². The maximum absolute atomic E-state index is 12.2. The van der Waals surface area contributed by atoms with E-state index in [2.05, 4.69) is 10.6 Å². The van der Waals surface area contributed by atoms with E-state index in [1.54, 1.807) is 13.8 Å². The number of aliphatic hydroxyl groups is 3. The van der Waals surface area contributed by atoms with Crippen LogP contribution in [0.15, 0.2) is 10.6 Å². The molecule has 0 aliphatic carbocycles. The third kappa shape index (κ3) is 5.61. The van der Waals surface area contributed by atoms with Gasteiger partial charge in [-0.1, -0.05) is 13.8 Å². The molecule has 2 aliphatic heterocycles. The largest absolute Gasteiger partial charge is 0.477 e. The second-order valence-electron chi connectivity index (χ2n) is 8.61. The molecule has 0 radical (unpaired) electrons. The van der Waals surface area contributed by atoms with Crippen molar-refractivity contribution in [3.8, 4) is 0 Å². The minimum atomic E-state index is -1.40. The maximum Gasteiger partial charge on any atom is 0.353 e. The molecule has 32 heavy (non-hydrogen) atoms. The van der Waals surface area contributed by atoms with Crippen LogP contribution in [0.2, 0.25) is 0 Å². The zero-order valence-electron chi connectivity index (χ0n) is 18.3. The first-order chi connectivity index (χ1) is 14.9. The van der Waals surface area contributed by atoms with Crippen LogP contribution >= 0.6 is 11.8 Å². The highest BCUT2D eigenvalue weighted by Gasteiger charge is 2.56. The van der Waals surface area contributed by atoms with Crippen LogP contribution in [-0.2, 0) is 19.2 Å². The van der Waals surface area contributed by atoms with E-state index in [9.17, 15) is 39.6 Å². The fraction of sp³-hybridized carbons (Fsp3) is 0.700. The van der Waals surface area contributed by atoms with Gasteiger partial charge in [-0.05, 0) is 6.92 Å². The quantitative estimate of drug-likeness (QED) is 0.147. The normalized spacial score (nSPS) is 22.2. The molecular formula is C20H31N3O8S. The minimum Gasteiger partial charge on any atom is -0.477 e. The van der Waals surface area contributed by atoms with Crippen LogP contribution in [-0.4, -0.2) is 92.7 Å². The van der Waals surface area contributed by atoms with Crippen LogP contribution in [0.4, 0.5) is 0 Å². The SMILES string of the molecule is C[C@H](O)[C@H]1C(=O)N2C(C(=O)O)=C(SCCNC(=O)CCNC(=O)[C@@H](O)C(C)(C)CO)C[C@H]12. The van der Waals surface area contributed by atoms with Crippen LogP contribution in [0.1, 0.15) is 33.6 Å². The number of nitrogens with zero attached hydrogens (tertiary/aromatic N) is 1. The molecule has 180 valence electrons. The predicted octanol–water partition coefficient (Wildman–Crippen LogP) is -1.37. The first-order valence-corrected chi connectivity index (χ1v) is 11.3. The van der Waals surface area contributed by atoms with Gasteiger partial charge in [0.25, 0.3) is 0 Å². The Kier molecular flexibility index (Phi) is 8.68. The van der Waals surface area contributed by atoms with Gasteiger partial charge in [0.1, 0.15) is 11.8 Å². The lowest BCUT2D eigenvalue weighted by Gasteiger charge is -2.44. The standard InChI is InChI=1S/C20H31N3O8S/c1-10(25)14-11-8-12(15(19(30)31)23(11)18(14)29)32-7-6-21-13(26)4-5-22-17(28)16(27)20(2,3)9-24/h10-11,14,16,24-25,27H,4-9H2,1-3H3,(H,21,26)(H,22,28)(H,30,31)/t10-,11+,14+,16+/m0/s1. The van der Waals surface area contributed by atoms with Gasteiger partial charge in [-0.25, -0.2) is 4.79 Å². The number of rotatable bonds is 12. The zero-order valence-corrected chi connectivity index (χ0v) is 19.1. The number of hydrogen-bond donors (Lipinski definition) is 6. The van der Waals surface area contributed by atoms with Crippen LogP contribution in [0.25, 0.3) is 0 Å². The number of carbonyl (C=O) groups excluding carboxylic acids is 3. The summed E-state index contributed by atoms with van der Waals surface area (Å²) >= 11 is 1.25. The maximum atomic E-state index is 12.2. The van der Waals surface area contributed by atoms with Gasteiger partial charge in [0.05, 0.1) is 24.7 Å². The van der Waals surface area contributed by atoms with Crippen molar-refractivity contribution in [3.05, 3.63) is 10.6 Å². The van der Waals surface area contributed by atoms with Crippen LogP contribution in [0, 0.1) is 11.3 Å². The summed E-state index contributed by atoms with van der Waals surface area (Å²) in [7, 11) is 0. The molecule has 12 heteroatoms. The summed E-state index contributed by atoms with van der Waals surface area (Å²) in [5.41, 5.74) is -1.05. The Morgan fingerprint density at radius 2 is 1.88 bits per heavy atom. The van der Waals surface area contributed by atoms with E-state index in [1.165, 1.54) is 23.6 Å². The summed E-state index contributed by atoms with van der Waals surface area (Å²) in [6.07, 6.45) is -1.90. The third-order valence-electron chi connectivity index (χ3n) is 5.64. The first-order valence-electron chi connectivity index (χ1n) is 10.4. The highest BCUT2D eigenvalue weighted by molar-refractivity contribution is 8.03. The average molecular weight is 474 g/mol. The first kappa shape index (κ1) is 26.1. The van der Waals surface area contributed by atoms with Gasteiger partial charge in [0, 0.05) is 42.0 Å². The Hall–Kier alpha value is -2.15. The molecule has 0 aromatic carbocycles. The third-order valence-corrected chi connectivity index (χ3v) is 6.76. The Balaban J connectivity index is 1.73. The average Bonchev–Trinajstić information content (AvgIpc) is 3.04. The molecule has 2 aliphatic rings. The highest BCUT2D eigenvalue weighted by atomic mass is 32.2. The van der Waals surface area contributed by atoms with Crippen molar-refractivity contribution < 1.29 is 39.6 Å². The smallest absolute Gasteiger partial charge is 0.353 e. The number of hydrogen-bond acceptors (Lipinski definition) is 8. The summed E-state index contributed by atoms with van der Waals surface area (Å²) in [4.78, 5) is 49.3. The summed E-state index contributed by atoms with van der Waals surface area (Å²) in [6, 6.07) is -0.347. The molecule has 1 saturated heterocycles. The molecule has 4 atom stereocenters. The van der Waals surface area contributed by atoms with E-state index in [0.29, 0.717) is 17.1 Å². The van der Waals surface area contributed by atoms with E-state index in [4.69, 9.17) is 0 Å². The lowest BCUT2D eigenvalue weighted by molar-refractivity contribution is -0.161. The van der Waals surface area contributed by atoms with Gasteiger partial charge in [-0.3, -0.25) is 14.4 Å². The fourth-order valence-corrected chi connectivity index (χ4v) is 4.71. The zero-order chi connectivity index (χ0) is 24.2. The van der Waals surface area contributed by atoms with Crippen molar-refractivity contribution in [3.63, 3.8) is 0 Å². The summed E-state index contributed by atoms with van der Waals surface area (Å²) in [6.45, 7) is 4.50. The molecular weight excluding hydrogens is 442 g/mol. The van der Waals surface area contributed by atoms with Crippen molar-refractivity contribution in [2.75, 3.05) is 25.4 Å². The van der Waals surface area contributed by atoms with Crippen molar-refractivity contribution in [1.29, 1.82) is 0 Å². The van der Waals surface area contributed by atoms with Crippen molar-refractivity contribution >= 4 is 35.5 Å². The number of aliphatic hydroxyl groups excluding tert-OH is 3. The fourth-order valence-electron chi connectivity index (χ4n) is 3.65. The number of carbonyl (C=O) groups is 4. The number of amides is 3. The van der Waals surface area contributed by atoms with E-state index in [1.807, 2.05) is 0 Å². The molecule has 3 amide bonds. The molecule has 0 saturated carbocycles. The van der Waals surface area contributed by atoms with Crippen molar-refractivity contribution in [2.24, 2.45) is 11.3 Å². The highest BCUT2D eigenvalue weighted by Crippen LogP contribution is 2.46. The molecule has 0 aromatic heterocycles. The van der Waals surface area contributed by atoms with Crippen LogP contribution in [0.5, 0.6) is 0 Å². The molecule has 6 N–H and O–H groups in total. The van der Waals surface area contributed by atoms with E-state index >= 15 is 0 Å². The molecule has 0 bridgehead atoms. The summed E-state index contributed by atoms with van der Waals surface area (Å²) < 4.78 is 0. The van der Waals surface area contributed by atoms with Crippen molar-refractivity contribution in [1.82, 2.24) is 15.5 Å². The van der Waals surface area contributed by atoms with Crippen LogP contribution < -0.4 is 10.6 Å². The molecule has 0 aromatic rings. The predicted molar refractivity (Wildman–Crippen MR) is 115 cm³/mol. The topological polar surface area (TPSA) is 176 Å². The lowest BCUT2D eigenvalue weighted by atomic mass is 9.83. The number of β-lactam (4-membered cyclic amide) rings is 1. The second-order valence-corrected chi connectivity index (χ2v) is 9.80.